The summed E-state index contributed by atoms with van der Waals surface area (Å²) in [5.74, 6) is 0. The molecule has 1 saturated heterocycles. The van der Waals surface area contributed by atoms with Crippen LogP contribution < -0.4 is 4.72 Å². The number of fused-ring (bicyclic) bond motifs is 1. The quantitative estimate of drug-likeness (QED) is 0.598. The van der Waals surface area contributed by atoms with Crippen LogP contribution in [0.5, 0.6) is 0 Å². The summed E-state index contributed by atoms with van der Waals surface area (Å²) in [6, 6.07) is 13.3. The number of hydrogen-bond acceptors (Lipinski definition) is 4. The van der Waals surface area contributed by atoms with E-state index >= 15 is 0 Å². The van der Waals surface area contributed by atoms with Crippen molar-refractivity contribution in [2.24, 2.45) is 0 Å². The number of benzene rings is 2. The maximum absolute atomic E-state index is 12.6. The highest BCUT2D eigenvalue weighted by Gasteiger charge is 2.27. The minimum absolute atomic E-state index is 0.0526. The van der Waals surface area contributed by atoms with Crippen molar-refractivity contribution in [3.63, 3.8) is 0 Å². The predicted octanol–water partition coefficient (Wildman–Crippen LogP) is 2.47. The number of sulfonamides is 2. The number of aromatic amines is 1. The molecule has 1 aromatic heterocycles. The van der Waals surface area contributed by atoms with Crippen LogP contribution >= 0.6 is 0 Å². The molecule has 0 radical (unpaired) electrons. The van der Waals surface area contributed by atoms with Crippen molar-refractivity contribution in [3.8, 4) is 0 Å². The molecule has 2 aromatic carbocycles. The molecule has 7 nitrogen and oxygen atoms in total. The molecule has 0 atom stereocenters. The van der Waals surface area contributed by atoms with Gasteiger partial charge < -0.3 is 4.98 Å². The Labute approximate surface area is 170 Å². The van der Waals surface area contributed by atoms with E-state index in [4.69, 9.17) is 0 Å². The molecule has 1 aliphatic heterocycles. The molecule has 3 aromatic rings. The third kappa shape index (κ3) is 4.09. The van der Waals surface area contributed by atoms with Crippen LogP contribution in [0.4, 0.5) is 0 Å². The first-order valence-electron chi connectivity index (χ1n) is 9.53. The van der Waals surface area contributed by atoms with Gasteiger partial charge in [-0.2, -0.15) is 4.31 Å². The van der Waals surface area contributed by atoms with Gasteiger partial charge in [0.2, 0.25) is 20.0 Å². The Morgan fingerprint density at radius 2 is 1.55 bits per heavy atom. The molecule has 154 valence electrons. The molecule has 2 heterocycles. The molecule has 0 spiro atoms. The van der Waals surface area contributed by atoms with Crippen LogP contribution in [-0.4, -0.2) is 45.8 Å². The van der Waals surface area contributed by atoms with Crippen molar-refractivity contribution >= 4 is 30.9 Å². The van der Waals surface area contributed by atoms with Gasteiger partial charge in [-0.15, -0.1) is 0 Å². The Balaban J connectivity index is 1.43. The number of para-hydroxylation sites is 1. The Kier molecular flexibility index (Phi) is 5.48. The third-order valence-corrected chi connectivity index (χ3v) is 8.59. The molecule has 1 aliphatic rings. The van der Waals surface area contributed by atoms with E-state index in [-0.39, 0.29) is 16.3 Å². The molecule has 2 N–H and O–H groups in total. The van der Waals surface area contributed by atoms with E-state index in [1.807, 2.05) is 30.5 Å². The Morgan fingerprint density at radius 1 is 0.897 bits per heavy atom. The number of nitrogens with zero attached hydrogens (tertiary/aromatic N) is 1. The molecule has 1 fully saturated rings. The van der Waals surface area contributed by atoms with Crippen LogP contribution in [0.1, 0.15) is 18.4 Å². The highest BCUT2D eigenvalue weighted by Crippen LogP contribution is 2.22. The summed E-state index contributed by atoms with van der Waals surface area (Å²) in [5, 5.41) is 1.07. The second-order valence-electron chi connectivity index (χ2n) is 7.09. The topological polar surface area (TPSA) is 99.3 Å². The van der Waals surface area contributed by atoms with Gasteiger partial charge in [0.15, 0.2) is 0 Å². The first-order chi connectivity index (χ1) is 13.9. The van der Waals surface area contributed by atoms with E-state index < -0.39 is 20.0 Å². The van der Waals surface area contributed by atoms with E-state index in [0.29, 0.717) is 19.5 Å². The van der Waals surface area contributed by atoms with Crippen molar-refractivity contribution in [3.05, 3.63) is 60.3 Å². The largest absolute Gasteiger partial charge is 0.361 e. The average molecular weight is 434 g/mol. The van der Waals surface area contributed by atoms with Crippen LogP contribution in [-0.2, 0) is 26.5 Å². The number of hydrogen-bond donors (Lipinski definition) is 2. The highest BCUT2D eigenvalue weighted by molar-refractivity contribution is 7.89. The summed E-state index contributed by atoms with van der Waals surface area (Å²) in [5.41, 5.74) is 2.05. The van der Waals surface area contributed by atoms with Gasteiger partial charge in [-0.1, -0.05) is 18.2 Å². The molecular formula is C20H23N3O4S2. The fraction of sp³-hybridized carbons (Fsp3) is 0.300. The monoisotopic (exact) mass is 433 g/mol. The van der Waals surface area contributed by atoms with Crippen LogP contribution in [0, 0.1) is 0 Å². The molecule has 9 heteroatoms. The van der Waals surface area contributed by atoms with Crippen LogP contribution in [0.2, 0.25) is 0 Å². The predicted molar refractivity (Wildman–Crippen MR) is 112 cm³/mol. The Morgan fingerprint density at radius 3 is 2.28 bits per heavy atom. The smallest absolute Gasteiger partial charge is 0.243 e. The maximum atomic E-state index is 12.6. The third-order valence-electron chi connectivity index (χ3n) is 5.20. The summed E-state index contributed by atoms with van der Waals surface area (Å²) >= 11 is 0. The van der Waals surface area contributed by atoms with E-state index in [0.717, 1.165) is 29.3 Å². The van der Waals surface area contributed by atoms with Crippen molar-refractivity contribution in [1.82, 2.24) is 14.0 Å². The van der Waals surface area contributed by atoms with Gasteiger partial charge >= 0.3 is 0 Å². The summed E-state index contributed by atoms with van der Waals surface area (Å²) in [6.07, 6.45) is 4.14. The number of rotatable bonds is 7. The Bertz CT molecular complexity index is 1210. The standard InChI is InChI=1S/C20H23N3O4S2/c24-28(25,22-12-11-16-15-21-20-6-2-1-5-19(16)20)17-7-9-18(10-8-17)29(26,27)23-13-3-4-14-23/h1-2,5-10,15,21-22H,3-4,11-14H2. The van der Waals surface area contributed by atoms with Gasteiger partial charge in [0.1, 0.15) is 0 Å². The number of H-pyrrole nitrogens is 1. The second-order valence-corrected chi connectivity index (χ2v) is 10.8. The fourth-order valence-electron chi connectivity index (χ4n) is 3.61. The lowest BCUT2D eigenvalue weighted by atomic mass is 10.1. The zero-order valence-corrected chi connectivity index (χ0v) is 17.5. The SMILES string of the molecule is O=S(=O)(NCCc1c[nH]c2ccccc12)c1ccc(S(=O)(=O)N2CCCC2)cc1. The van der Waals surface area contributed by atoms with Gasteiger partial charge in [-0.3, -0.25) is 0 Å². The van der Waals surface area contributed by atoms with Gasteiger partial charge in [0.05, 0.1) is 9.79 Å². The van der Waals surface area contributed by atoms with Crippen molar-refractivity contribution < 1.29 is 16.8 Å². The van der Waals surface area contributed by atoms with Crippen molar-refractivity contribution in [1.29, 1.82) is 0 Å². The van der Waals surface area contributed by atoms with Crippen molar-refractivity contribution in [2.45, 2.75) is 29.1 Å². The summed E-state index contributed by atoms with van der Waals surface area (Å²) in [7, 11) is -7.27. The van der Waals surface area contributed by atoms with Gasteiger partial charge in [0, 0.05) is 36.7 Å². The van der Waals surface area contributed by atoms with Gasteiger partial charge in [0.25, 0.3) is 0 Å². The van der Waals surface area contributed by atoms with E-state index in [1.165, 1.54) is 28.6 Å². The lowest BCUT2D eigenvalue weighted by Gasteiger charge is -2.15. The van der Waals surface area contributed by atoms with Gasteiger partial charge in [-0.05, 0) is 55.2 Å². The lowest BCUT2D eigenvalue weighted by Crippen LogP contribution is -2.28. The minimum atomic E-state index is -3.72. The van der Waals surface area contributed by atoms with E-state index in [9.17, 15) is 16.8 Å². The molecule has 0 aliphatic carbocycles. The molecule has 0 unspecified atom stereocenters. The fourth-order valence-corrected chi connectivity index (χ4v) is 6.16. The first-order valence-corrected chi connectivity index (χ1v) is 12.5. The van der Waals surface area contributed by atoms with Crippen LogP contribution in [0.3, 0.4) is 0 Å². The molecular weight excluding hydrogens is 410 g/mol. The Hall–Kier alpha value is -2.20. The summed E-state index contributed by atoms with van der Waals surface area (Å²) < 4.78 is 54.3. The second kappa shape index (κ2) is 7.91. The summed E-state index contributed by atoms with van der Waals surface area (Å²) in [6.45, 7) is 1.27. The van der Waals surface area contributed by atoms with Crippen LogP contribution in [0.25, 0.3) is 10.9 Å². The summed E-state index contributed by atoms with van der Waals surface area (Å²) in [4.78, 5) is 3.35. The molecule has 0 saturated carbocycles. The average Bonchev–Trinajstić information content (AvgIpc) is 3.39. The number of aromatic nitrogens is 1. The zero-order chi connectivity index (χ0) is 20.5. The molecule has 0 amide bonds. The lowest BCUT2D eigenvalue weighted by molar-refractivity contribution is 0.477. The minimum Gasteiger partial charge on any atom is -0.361 e. The van der Waals surface area contributed by atoms with E-state index in [1.54, 1.807) is 0 Å². The van der Waals surface area contributed by atoms with E-state index in [2.05, 4.69) is 9.71 Å². The maximum Gasteiger partial charge on any atom is 0.243 e. The first kappa shape index (κ1) is 20.1. The molecule has 4 rings (SSSR count). The van der Waals surface area contributed by atoms with Crippen molar-refractivity contribution in [2.75, 3.05) is 19.6 Å². The van der Waals surface area contributed by atoms with Gasteiger partial charge in [-0.25, -0.2) is 21.6 Å². The highest BCUT2D eigenvalue weighted by atomic mass is 32.2. The normalized spacial score (nSPS) is 15.9. The molecule has 29 heavy (non-hydrogen) atoms. The molecule has 0 bridgehead atoms. The zero-order valence-electron chi connectivity index (χ0n) is 15.8. The number of nitrogens with one attached hydrogen (secondary N) is 2. The van der Waals surface area contributed by atoms with Crippen LogP contribution in [0.15, 0.2) is 64.5 Å².